The Balaban J connectivity index is 3.44. The first-order valence-electron chi connectivity index (χ1n) is 9.51. The van der Waals surface area contributed by atoms with Crippen LogP contribution in [0.2, 0.25) is 0 Å². The van der Waals surface area contributed by atoms with Crippen molar-refractivity contribution in [3.8, 4) is 0 Å². The van der Waals surface area contributed by atoms with Crippen LogP contribution in [0.1, 0.15) is 111 Å². The second kappa shape index (κ2) is 16.8. The van der Waals surface area contributed by atoms with E-state index in [-0.39, 0.29) is 0 Å². The molecule has 0 saturated carbocycles. The molecule has 0 radical (unpaired) electrons. The summed E-state index contributed by atoms with van der Waals surface area (Å²) in [6, 6.07) is 0. The van der Waals surface area contributed by atoms with E-state index in [1.54, 1.807) is 0 Å². The SMILES string of the molecule is CCCCCCCCC=CC(CC)CCCCCCC. The lowest BCUT2D eigenvalue weighted by Crippen LogP contribution is -1.94. The summed E-state index contributed by atoms with van der Waals surface area (Å²) >= 11 is 0. The van der Waals surface area contributed by atoms with Crippen molar-refractivity contribution in [3.63, 3.8) is 0 Å². The van der Waals surface area contributed by atoms with E-state index in [0.29, 0.717) is 0 Å². The molecule has 0 saturated heterocycles. The molecule has 0 aromatic heterocycles. The molecular weight excluding hydrogens is 240 g/mol. The van der Waals surface area contributed by atoms with Crippen LogP contribution < -0.4 is 0 Å². The van der Waals surface area contributed by atoms with Gasteiger partial charge in [-0.05, 0) is 31.6 Å². The maximum absolute atomic E-state index is 2.51. The molecule has 0 aromatic rings. The molecule has 0 aromatic carbocycles. The van der Waals surface area contributed by atoms with Crippen molar-refractivity contribution in [2.75, 3.05) is 0 Å². The van der Waals surface area contributed by atoms with Crippen molar-refractivity contribution in [2.24, 2.45) is 5.92 Å². The Hall–Kier alpha value is -0.260. The third-order valence-corrected chi connectivity index (χ3v) is 4.34. The van der Waals surface area contributed by atoms with Gasteiger partial charge in [0.25, 0.3) is 0 Å². The van der Waals surface area contributed by atoms with Crippen LogP contribution in [0.5, 0.6) is 0 Å². The monoisotopic (exact) mass is 280 g/mol. The van der Waals surface area contributed by atoms with Gasteiger partial charge in [0.05, 0.1) is 0 Å². The van der Waals surface area contributed by atoms with Crippen molar-refractivity contribution in [1.29, 1.82) is 0 Å². The molecule has 0 nitrogen and oxygen atoms in total. The maximum atomic E-state index is 2.51. The zero-order valence-electron chi connectivity index (χ0n) is 14.6. The van der Waals surface area contributed by atoms with Gasteiger partial charge in [0.1, 0.15) is 0 Å². The van der Waals surface area contributed by atoms with Crippen LogP contribution in [0.15, 0.2) is 12.2 Å². The Kier molecular flexibility index (Phi) is 16.6. The Morgan fingerprint density at radius 3 is 1.80 bits per heavy atom. The summed E-state index contributed by atoms with van der Waals surface area (Å²) in [4.78, 5) is 0. The molecule has 0 bridgehead atoms. The van der Waals surface area contributed by atoms with Gasteiger partial charge < -0.3 is 0 Å². The molecule has 0 amide bonds. The van der Waals surface area contributed by atoms with Gasteiger partial charge in [-0.25, -0.2) is 0 Å². The predicted octanol–water partition coefficient (Wildman–Crippen LogP) is 7.68. The molecule has 0 fully saturated rings. The molecule has 1 atom stereocenters. The van der Waals surface area contributed by atoms with Crippen LogP contribution in [-0.4, -0.2) is 0 Å². The van der Waals surface area contributed by atoms with Crippen molar-refractivity contribution in [3.05, 3.63) is 12.2 Å². The second-order valence-corrected chi connectivity index (χ2v) is 6.36. The van der Waals surface area contributed by atoms with E-state index in [2.05, 4.69) is 32.9 Å². The summed E-state index contributed by atoms with van der Waals surface area (Å²) in [5, 5.41) is 0. The lowest BCUT2D eigenvalue weighted by molar-refractivity contribution is 0.511. The van der Waals surface area contributed by atoms with Crippen LogP contribution in [0.3, 0.4) is 0 Å². The van der Waals surface area contributed by atoms with Crippen LogP contribution in [0, 0.1) is 5.92 Å². The first kappa shape index (κ1) is 19.7. The minimum absolute atomic E-state index is 0.844. The molecule has 0 aliphatic rings. The molecule has 0 N–H and O–H groups in total. The fraction of sp³-hybridized carbons (Fsp3) is 0.900. The molecule has 20 heavy (non-hydrogen) atoms. The fourth-order valence-corrected chi connectivity index (χ4v) is 2.78. The van der Waals surface area contributed by atoms with Crippen molar-refractivity contribution < 1.29 is 0 Å². The summed E-state index contributed by atoms with van der Waals surface area (Å²) in [6.45, 7) is 6.92. The van der Waals surface area contributed by atoms with Crippen LogP contribution in [0.25, 0.3) is 0 Å². The third kappa shape index (κ3) is 14.2. The highest BCUT2D eigenvalue weighted by Gasteiger charge is 2.01. The van der Waals surface area contributed by atoms with Gasteiger partial charge in [-0.15, -0.1) is 0 Å². The molecule has 0 heteroatoms. The smallest absolute Gasteiger partial charge is 0.0236 e. The maximum Gasteiger partial charge on any atom is -0.0236 e. The van der Waals surface area contributed by atoms with Crippen molar-refractivity contribution in [2.45, 2.75) is 111 Å². The zero-order valence-corrected chi connectivity index (χ0v) is 14.6. The van der Waals surface area contributed by atoms with Crippen molar-refractivity contribution >= 4 is 0 Å². The number of unbranched alkanes of at least 4 members (excludes halogenated alkanes) is 10. The summed E-state index contributed by atoms with van der Waals surface area (Å²) < 4.78 is 0. The first-order valence-corrected chi connectivity index (χ1v) is 9.51. The Bertz CT molecular complexity index is 192. The van der Waals surface area contributed by atoms with Gasteiger partial charge in [-0.3, -0.25) is 0 Å². The first-order chi connectivity index (χ1) is 9.85. The van der Waals surface area contributed by atoms with Gasteiger partial charge in [-0.1, -0.05) is 97.1 Å². The molecule has 1 unspecified atom stereocenters. The highest BCUT2D eigenvalue weighted by Crippen LogP contribution is 2.17. The van der Waals surface area contributed by atoms with Crippen LogP contribution in [-0.2, 0) is 0 Å². The molecular formula is C20H40. The number of hydrogen-bond acceptors (Lipinski definition) is 0. The van der Waals surface area contributed by atoms with Gasteiger partial charge >= 0.3 is 0 Å². The highest BCUT2D eigenvalue weighted by molar-refractivity contribution is 4.87. The molecule has 0 spiro atoms. The molecule has 0 heterocycles. The molecule has 0 aliphatic heterocycles. The Labute approximate surface area is 129 Å². The third-order valence-electron chi connectivity index (χ3n) is 4.34. The standard InChI is InChI=1S/C20H40/c1-4-7-9-11-12-13-15-17-19-20(6-3)18-16-14-10-8-5-2/h17,19-20H,4-16,18H2,1-3H3. The van der Waals surface area contributed by atoms with Gasteiger partial charge in [0.15, 0.2) is 0 Å². The van der Waals surface area contributed by atoms with E-state index in [1.807, 2.05) is 0 Å². The zero-order chi connectivity index (χ0) is 14.9. The normalized spacial score (nSPS) is 13.2. The van der Waals surface area contributed by atoms with E-state index >= 15 is 0 Å². The Morgan fingerprint density at radius 1 is 0.650 bits per heavy atom. The number of allylic oxidation sites excluding steroid dienone is 2. The van der Waals surface area contributed by atoms with Crippen molar-refractivity contribution in [1.82, 2.24) is 0 Å². The Morgan fingerprint density at radius 2 is 1.20 bits per heavy atom. The summed E-state index contributed by atoms with van der Waals surface area (Å²) in [7, 11) is 0. The number of hydrogen-bond donors (Lipinski definition) is 0. The fourth-order valence-electron chi connectivity index (χ4n) is 2.78. The lowest BCUT2D eigenvalue weighted by Gasteiger charge is -2.09. The average molecular weight is 281 g/mol. The number of rotatable bonds is 15. The van der Waals surface area contributed by atoms with Gasteiger partial charge in [-0.2, -0.15) is 0 Å². The molecule has 0 rings (SSSR count). The van der Waals surface area contributed by atoms with Gasteiger partial charge in [0.2, 0.25) is 0 Å². The van der Waals surface area contributed by atoms with E-state index < -0.39 is 0 Å². The summed E-state index contributed by atoms with van der Waals surface area (Å²) in [5.74, 6) is 0.844. The van der Waals surface area contributed by atoms with E-state index in [1.165, 1.54) is 89.9 Å². The average Bonchev–Trinajstić information content (AvgIpc) is 2.47. The molecule has 0 aliphatic carbocycles. The quantitative estimate of drug-likeness (QED) is 0.213. The topological polar surface area (TPSA) is 0 Å². The lowest BCUT2D eigenvalue weighted by atomic mass is 9.97. The van der Waals surface area contributed by atoms with E-state index in [4.69, 9.17) is 0 Å². The van der Waals surface area contributed by atoms with E-state index in [0.717, 1.165) is 5.92 Å². The summed E-state index contributed by atoms with van der Waals surface area (Å²) in [6.07, 6.45) is 24.6. The minimum Gasteiger partial charge on any atom is -0.0883 e. The van der Waals surface area contributed by atoms with Crippen LogP contribution in [0.4, 0.5) is 0 Å². The highest BCUT2D eigenvalue weighted by atomic mass is 14.1. The second-order valence-electron chi connectivity index (χ2n) is 6.36. The molecule has 120 valence electrons. The largest absolute Gasteiger partial charge is 0.0883 e. The van der Waals surface area contributed by atoms with E-state index in [9.17, 15) is 0 Å². The van der Waals surface area contributed by atoms with Gasteiger partial charge in [0, 0.05) is 0 Å². The van der Waals surface area contributed by atoms with Crippen LogP contribution >= 0.6 is 0 Å². The predicted molar refractivity (Wildman–Crippen MR) is 94.3 cm³/mol. The minimum atomic E-state index is 0.844. The summed E-state index contributed by atoms with van der Waals surface area (Å²) in [5.41, 5.74) is 0.